The second-order valence-corrected chi connectivity index (χ2v) is 4.73. The summed E-state index contributed by atoms with van der Waals surface area (Å²) in [7, 11) is 0. The average Bonchev–Trinajstić information content (AvgIpc) is 3.00. The fraction of sp³-hybridized carbons (Fsp3) is 0.538. The molecule has 0 aliphatic heterocycles. The lowest BCUT2D eigenvalue weighted by Crippen LogP contribution is -2.36. The second kappa shape index (κ2) is 5.25. The maximum Gasteiger partial charge on any atom is 0.307 e. The van der Waals surface area contributed by atoms with Crippen LogP contribution in [0.5, 0.6) is 0 Å². The molecule has 1 heterocycles. The van der Waals surface area contributed by atoms with Crippen LogP contribution in [0.15, 0.2) is 22.8 Å². The van der Waals surface area contributed by atoms with Gasteiger partial charge in [-0.05, 0) is 31.9 Å². The predicted octanol–water partition coefficient (Wildman–Crippen LogP) is 1.96. The number of aliphatic carboxylic acids is 1. The SMILES string of the molecule is C[C@H](NC(=O)[C@@H]1CCC[C@@H]1C(=O)O)c1ccco1. The van der Waals surface area contributed by atoms with Crippen molar-refractivity contribution >= 4 is 11.9 Å². The first-order valence-electron chi connectivity index (χ1n) is 6.16. The summed E-state index contributed by atoms with van der Waals surface area (Å²) in [6, 6.07) is 3.31. The first-order valence-corrected chi connectivity index (χ1v) is 6.16. The lowest BCUT2D eigenvalue weighted by atomic mass is 9.95. The van der Waals surface area contributed by atoms with E-state index in [2.05, 4.69) is 5.32 Å². The maximum atomic E-state index is 12.0. The molecule has 3 atom stereocenters. The van der Waals surface area contributed by atoms with E-state index in [1.807, 2.05) is 6.92 Å². The standard InChI is InChI=1S/C13H17NO4/c1-8(11-6-3-7-18-11)14-12(15)9-4-2-5-10(9)13(16)17/h3,6-10H,2,4-5H2,1H3,(H,14,15)(H,16,17)/t8-,9+,10-/m0/s1. The Kier molecular flexibility index (Phi) is 3.69. The highest BCUT2D eigenvalue weighted by Gasteiger charge is 2.38. The van der Waals surface area contributed by atoms with Gasteiger partial charge in [-0.1, -0.05) is 6.42 Å². The first-order chi connectivity index (χ1) is 8.59. The van der Waals surface area contributed by atoms with Gasteiger partial charge >= 0.3 is 5.97 Å². The Labute approximate surface area is 105 Å². The third-order valence-electron chi connectivity index (χ3n) is 3.50. The quantitative estimate of drug-likeness (QED) is 0.857. The smallest absolute Gasteiger partial charge is 0.307 e. The van der Waals surface area contributed by atoms with Gasteiger partial charge < -0.3 is 14.8 Å². The van der Waals surface area contributed by atoms with Crippen LogP contribution in [0, 0.1) is 11.8 Å². The molecule has 1 amide bonds. The van der Waals surface area contributed by atoms with Crippen molar-refractivity contribution in [3.63, 3.8) is 0 Å². The molecule has 0 bridgehead atoms. The fourth-order valence-electron chi connectivity index (χ4n) is 2.50. The van der Waals surface area contributed by atoms with Crippen molar-refractivity contribution in [1.82, 2.24) is 5.32 Å². The van der Waals surface area contributed by atoms with E-state index in [1.54, 1.807) is 18.4 Å². The van der Waals surface area contributed by atoms with Gasteiger partial charge in [0.1, 0.15) is 5.76 Å². The van der Waals surface area contributed by atoms with Crippen molar-refractivity contribution < 1.29 is 19.1 Å². The van der Waals surface area contributed by atoms with Crippen molar-refractivity contribution in [2.24, 2.45) is 11.8 Å². The Morgan fingerprint density at radius 1 is 1.44 bits per heavy atom. The molecule has 18 heavy (non-hydrogen) atoms. The van der Waals surface area contributed by atoms with Crippen LogP contribution >= 0.6 is 0 Å². The van der Waals surface area contributed by atoms with Gasteiger partial charge in [0.05, 0.1) is 24.1 Å². The minimum Gasteiger partial charge on any atom is -0.481 e. The van der Waals surface area contributed by atoms with Crippen molar-refractivity contribution in [1.29, 1.82) is 0 Å². The summed E-state index contributed by atoms with van der Waals surface area (Å²) in [6.45, 7) is 1.82. The molecule has 5 heteroatoms. The van der Waals surface area contributed by atoms with Gasteiger partial charge in [0, 0.05) is 0 Å². The summed E-state index contributed by atoms with van der Waals surface area (Å²) in [6.07, 6.45) is 3.58. The van der Waals surface area contributed by atoms with Crippen LogP contribution < -0.4 is 5.32 Å². The van der Waals surface area contributed by atoms with Crippen molar-refractivity contribution in [2.75, 3.05) is 0 Å². The predicted molar refractivity (Wildman–Crippen MR) is 63.7 cm³/mol. The monoisotopic (exact) mass is 251 g/mol. The summed E-state index contributed by atoms with van der Waals surface area (Å²) in [5, 5.41) is 11.9. The molecule has 1 aromatic rings. The third kappa shape index (κ3) is 2.55. The molecule has 1 fully saturated rings. The Morgan fingerprint density at radius 2 is 2.17 bits per heavy atom. The summed E-state index contributed by atoms with van der Waals surface area (Å²) >= 11 is 0. The molecule has 0 radical (unpaired) electrons. The fourth-order valence-corrected chi connectivity index (χ4v) is 2.50. The minimum absolute atomic E-state index is 0.191. The molecule has 0 saturated heterocycles. The number of carboxylic acid groups (broad SMARTS) is 1. The third-order valence-corrected chi connectivity index (χ3v) is 3.50. The number of carbonyl (C=O) groups excluding carboxylic acids is 1. The van der Waals surface area contributed by atoms with Gasteiger partial charge in [-0.15, -0.1) is 0 Å². The van der Waals surface area contributed by atoms with Gasteiger partial charge in [-0.3, -0.25) is 9.59 Å². The Hall–Kier alpha value is -1.78. The van der Waals surface area contributed by atoms with E-state index in [4.69, 9.17) is 9.52 Å². The van der Waals surface area contributed by atoms with Crippen LogP contribution in [-0.4, -0.2) is 17.0 Å². The van der Waals surface area contributed by atoms with Crippen molar-refractivity contribution in [3.05, 3.63) is 24.2 Å². The highest BCUT2D eigenvalue weighted by atomic mass is 16.4. The second-order valence-electron chi connectivity index (χ2n) is 4.73. The molecule has 2 rings (SSSR count). The highest BCUT2D eigenvalue weighted by molar-refractivity contribution is 5.85. The summed E-state index contributed by atoms with van der Waals surface area (Å²) in [5.41, 5.74) is 0. The summed E-state index contributed by atoms with van der Waals surface area (Å²) < 4.78 is 5.20. The van der Waals surface area contributed by atoms with Crippen LogP contribution in [0.1, 0.15) is 38.0 Å². The van der Waals surface area contributed by atoms with Gasteiger partial charge in [0.15, 0.2) is 0 Å². The number of amides is 1. The van der Waals surface area contributed by atoms with Crippen LogP contribution in [-0.2, 0) is 9.59 Å². The number of hydrogen-bond acceptors (Lipinski definition) is 3. The Bertz CT molecular complexity index is 426. The number of rotatable bonds is 4. The molecule has 0 spiro atoms. The average molecular weight is 251 g/mol. The molecule has 1 aliphatic carbocycles. The Balaban J connectivity index is 1.97. The molecule has 1 saturated carbocycles. The number of carbonyl (C=O) groups is 2. The lowest BCUT2D eigenvalue weighted by molar-refractivity contribution is -0.146. The Morgan fingerprint density at radius 3 is 2.78 bits per heavy atom. The van der Waals surface area contributed by atoms with Gasteiger partial charge in [-0.25, -0.2) is 0 Å². The topological polar surface area (TPSA) is 79.5 Å². The normalized spacial score (nSPS) is 24.7. The summed E-state index contributed by atoms with van der Waals surface area (Å²) in [4.78, 5) is 23.1. The van der Waals surface area contributed by atoms with Crippen LogP contribution in [0.25, 0.3) is 0 Å². The van der Waals surface area contributed by atoms with Crippen LogP contribution in [0.3, 0.4) is 0 Å². The minimum atomic E-state index is -0.877. The maximum absolute atomic E-state index is 12.0. The van der Waals surface area contributed by atoms with E-state index in [-0.39, 0.29) is 11.9 Å². The lowest BCUT2D eigenvalue weighted by Gasteiger charge is -2.18. The number of nitrogens with one attached hydrogen (secondary N) is 1. The molecule has 2 N–H and O–H groups in total. The molecule has 0 unspecified atom stereocenters. The molecule has 98 valence electrons. The van der Waals surface area contributed by atoms with E-state index in [0.717, 1.165) is 6.42 Å². The molecular weight excluding hydrogens is 234 g/mol. The van der Waals surface area contributed by atoms with Crippen molar-refractivity contribution in [2.45, 2.75) is 32.2 Å². The van der Waals surface area contributed by atoms with Gasteiger partial charge in [0.25, 0.3) is 0 Å². The van der Waals surface area contributed by atoms with Crippen LogP contribution in [0.2, 0.25) is 0 Å². The van der Waals surface area contributed by atoms with E-state index < -0.39 is 17.8 Å². The van der Waals surface area contributed by atoms with E-state index in [9.17, 15) is 9.59 Å². The molecular formula is C13H17NO4. The largest absolute Gasteiger partial charge is 0.481 e. The zero-order valence-corrected chi connectivity index (χ0v) is 10.3. The van der Waals surface area contributed by atoms with Crippen molar-refractivity contribution in [3.8, 4) is 0 Å². The van der Waals surface area contributed by atoms with E-state index in [1.165, 1.54) is 0 Å². The van der Waals surface area contributed by atoms with Gasteiger partial charge in [0.2, 0.25) is 5.91 Å². The van der Waals surface area contributed by atoms with E-state index >= 15 is 0 Å². The zero-order chi connectivity index (χ0) is 13.1. The number of hydrogen-bond donors (Lipinski definition) is 2. The van der Waals surface area contributed by atoms with Gasteiger partial charge in [-0.2, -0.15) is 0 Å². The molecule has 5 nitrogen and oxygen atoms in total. The molecule has 0 aromatic carbocycles. The number of carboxylic acids is 1. The van der Waals surface area contributed by atoms with E-state index in [0.29, 0.717) is 18.6 Å². The molecule has 1 aliphatic rings. The first kappa shape index (κ1) is 12.7. The number of furan rings is 1. The highest BCUT2D eigenvalue weighted by Crippen LogP contribution is 2.32. The van der Waals surface area contributed by atoms with Crippen LogP contribution in [0.4, 0.5) is 0 Å². The summed E-state index contributed by atoms with van der Waals surface area (Å²) in [5.74, 6) is -1.36. The molecule has 1 aromatic heterocycles. The zero-order valence-electron chi connectivity index (χ0n) is 10.3.